The number of nitrogens with zero attached hydrogens (tertiary/aromatic N) is 3. The molecule has 4 rings (SSSR count). The maximum absolute atomic E-state index is 13.5. The second-order valence-corrected chi connectivity index (χ2v) is 9.46. The molecule has 7 nitrogen and oxygen atoms in total. The fourth-order valence-electron chi connectivity index (χ4n) is 3.48. The maximum atomic E-state index is 13.5. The molecule has 0 bridgehead atoms. The van der Waals surface area contributed by atoms with E-state index in [1.807, 2.05) is 0 Å². The third-order valence-electron chi connectivity index (χ3n) is 5.04. The fraction of sp³-hybridized carbons (Fsp3) is 0.136. The Kier molecular flexibility index (Phi) is 6.05. The summed E-state index contributed by atoms with van der Waals surface area (Å²) in [5.74, 6) is -1.80. The van der Waals surface area contributed by atoms with E-state index in [9.17, 15) is 22.4 Å². The lowest BCUT2D eigenvalue weighted by Gasteiger charge is -2.27. The monoisotopic (exact) mass is 473 g/mol. The highest BCUT2D eigenvalue weighted by Gasteiger charge is 2.47. The smallest absolute Gasteiger partial charge is 0.252 e. The second-order valence-electron chi connectivity index (χ2n) is 7.13. The van der Waals surface area contributed by atoms with Crippen LogP contribution in [-0.2, 0) is 26.2 Å². The average molecular weight is 474 g/mol. The first-order chi connectivity index (χ1) is 15.3. The molecule has 3 aromatic rings. The standard InChI is InChI=1S/C22H17ClFN3O4S/c23-16-3-9-19(10-4-16)32(30,31)26(14-15-2-1-11-25-13-15)20-12-21(28)27(22(20)29)18-7-5-17(24)6-8-18/h1-11,13,20H,12,14H2. The van der Waals surface area contributed by atoms with E-state index < -0.39 is 33.7 Å². The SMILES string of the molecule is O=C1CC(N(Cc2cccnc2)S(=O)(=O)c2ccc(Cl)cc2)C(=O)N1c1ccc(F)cc1. The molecule has 32 heavy (non-hydrogen) atoms. The number of benzene rings is 2. The van der Waals surface area contributed by atoms with Crippen LogP contribution < -0.4 is 4.90 Å². The van der Waals surface area contributed by atoms with Crippen LogP contribution in [0.25, 0.3) is 0 Å². The first-order valence-electron chi connectivity index (χ1n) is 9.56. The highest BCUT2D eigenvalue weighted by molar-refractivity contribution is 7.89. The van der Waals surface area contributed by atoms with Gasteiger partial charge in [0, 0.05) is 24.0 Å². The van der Waals surface area contributed by atoms with E-state index in [2.05, 4.69) is 4.98 Å². The van der Waals surface area contributed by atoms with Crippen LogP contribution in [0.5, 0.6) is 0 Å². The molecule has 2 heterocycles. The summed E-state index contributed by atoms with van der Waals surface area (Å²) in [5.41, 5.74) is 0.722. The van der Waals surface area contributed by atoms with Crippen molar-refractivity contribution >= 4 is 39.1 Å². The molecule has 1 aliphatic heterocycles. The van der Waals surface area contributed by atoms with Gasteiger partial charge in [0.1, 0.15) is 11.9 Å². The Balaban J connectivity index is 1.74. The molecule has 0 saturated carbocycles. The van der Waals surface area contributed by atoms with Crippen molar-refractivity contribution in [2.75, 3.05) is 4.90 Å². The molecule has 1 aromatic heterocycles. The normalized spacial score (nSPS) is 16.7. The highest BCUT2D eigenvalue weighted by atomic mass is 35.5. The molecule has 1 fully saturated rings. The summed E-state index contributed by atoms with van der Waals surface area (Å²) < 4.78 is 41.3. The van der Waals surface area contributed by atoms with Gasteiger partial charge in [-0.25, -0.2) is 17.7 Å². The Hall–Kier alpha value is -3.14. The van der Waals surface area contributed by atoms with Gasteiger partial charge in [-0.15, -0.1) is 0 Å². The maximum Gasteiger partial charge on any atom is 0.252 e. The lowest BCUT2D eigenvalue weighted by Crippen LogP contribution is -2.45. The van der Waals surface area contributed by atoms with E-state index >= 15 is 0 Å². The minimum absolute atomic E-state index is 0.0636. The van der Waals surface area contributed by atoms with E-state index in [0.29, 0.717) is 10.6 Å². The number of hydrogen-bond acceptors (Lipinski definition) is 5. The summed E-state index contributed by atoms with van der Waals surface area (Å²) >= 11 is 5.89. The summed E-state index contributed by atoms with van der Waals surface area (Å²) in [4.78, 5) is 30.8. The molecule has 164 valence electrons. The van der Waals surface area contributed by atoms with E-state index in [1.54, 1.807) is 18.3 Å². The van der Waals surface area contributed by atoms with Crippen LogP contribution in [-0.4, -0.2) is 35.6 Å². The van der Waals surface area contributed by atoms with Crippen LogP contribution in [0.15, 0.2) is 78.0 Å². The zero-order valence-corrected chi connectivity index (χ0v) is 18.1. The minimum atomic E-state index is -4.18. The molecular formula is C22H17ClFN3O4S. The van der Waals surface area contributed by atoms with Gasteiger partial charge in [0.05, 0.1) is 17.0 Å². The molecule has 10 heteroatoms. The van der Waals surface area contributed by atoms with Crippen LogP contribution in [0.1, 0.15) is 12.0 Å². The van der Waals surface area contributed by atoms with Gasteiger partial charge in [0.2, 0.25) is 15.9 Å². The Bertz CT molecular complexity index is 1250. The molecule has 1 aliphatic rings. The molecule has 1 saturated heterocycles. The first-order valence-corrected chi connectivity index (χ1v) is 11.4. The number of imide groups is 1. The summed E-state index contributed by atoms with van der Waals surface area (Å²) in [6, 6.07) is 12.5. The van der Waals surface area contributed by atoms with Crippen molar-refractivity contribution in [1.29, 1.82) is 0 Å². The Labute approximate surface area is 189 Å². The number of rotatable bonds is 6. The highest BCUT2D eigenvalue weighted by Crippen LogP contribution is 2.31. The number of carbonyl (C=O) groups is 2. The number of amides is 2. The number of halogens is 2. The fourth-order valence-corrected chi connectivity index (χ4v) is 5.17. The third kappa shape index (κ3) is 4.27. The Morgan fingerprint density at radius 1 is 1.06 bits per heavy atom. The van der Waals surface area contributed by atoms with Gasteiger partial charge < -0.3 is 0 Å². The largest absolute Gasteiger partial charge is 0.274 e. The van der Waals surface area contributed by atoms with Crippen LogP contribution in [0.2, 0.25) is 5.02 Å². The summed E-state index contributed by atoms with van der Waals surface area (Å²) in [6.07, 6.45) is 2.69. The number of anilines is 1. The van der Waals surface area contributed by atoms with Gasteiger partial charge in [-0.3, -0.25) is 14.6 Å². The van der Waals surface area contributed by atoms with Gasteiger partial charge in [-0.2, -0.15) is 4.31 Å². The van der Waals surface area contributed by atoms with Crippen molar-refractivity contribution in [3.05, 3.63) is 89.5 Å². The Morgan fingerprint density at radius 2 is 1.75 bits per heavy atom. The van der Waals surface area contributed by atoms with E-state index in [0.717, 1.165) is 21.3 Å². The number of hydrogen-bond donors (Lipinski definition) is 0. The molecule has 1 atom stereocenters. The zero-order valence-electron chi connectivity index (χ0n) is 16.6. The van der Waals surface area contributed by atoms with Gasteiger partial charge in [0.25, 0.3) is 5.91 Å². The van der Waals surface area contributed by atoms with Gasteiger partial charge in [0.15, 0.2) is 0 Å². The lowest BCUT2D eigenvalue weighted by atomic mass is 10.2. The number of aromatic nitrogens is 1. The number of sulfonamides is 1. The third-order valence-corrected chi connectivity index (χ3v) is 7.16. The number of carbonyl (C=O) groups excluding carboxylic acids is 2. The summed E-state index contributed by atoms with van der Waals surface area (Å²) in [7, 11) is -4.18. The van der Waals surface area contributed by atoms with Crippen molar-refractivity contribution in [2.24, 2.45) is 0 Å². The molecule has 0 N–H and O–H groups in total. The Morgan fingerprint density at radius 3 is 2.38 bits per heavy atom. The van der Waals surface area contributed by atoms with Crippen molar-refractivity contribution in [1.82, 2.24) is 9.29 Å². The summed E-state index contributed by atoms with van der Waals surface area (Å²) in [5, 5.41) is 0.359. The van der Waals surface area contributed by atoms with E-state index in [4.69, 9.17) is 11.6 Å². The van der Waals surface area contributed by atoms with Crippen LogP contribution in [0, 0.1) is 5.82 Å². The topological polar surface area (TPSA) is 87.6 Å². The molecule has 2 aromatic carbocycles. The molecule has 0 radical (unpaired) electrons. The predicted octanol–water partition coefficient (Wildman–Crippen LogP) is 3.40. The van der Waals surface area contributed by atoms with Crippen LogP contribution >= 0.6 is 11.6 Å². The first kappa shape index (κ1) is 22.1. The van der Waals surface area contributed by atoms with Crippen LogP contribution in [0.4, 0.5) is 10.1 Å². The molecule has 1 unspecified atom stereocenters. The average Bonchev–Trinajstić information content (AvgIpc) is 3.07. The molecular weight excluding hydrogens is 457 g/mol. The second kappa shape index (κ2) is 8.78. The molecule has 2 amide bonds. The van der Waals surface area contributed by atoms with E-state index in [-0.39, 0.29) is 23.5 Å². The lowest BCUT2D eigenvalue weighted by molar-refractivity contribution is -0.122. The van der Waals surface area contributed by atoms with Gasteiger partial charge in [-0.05, 0) is 60.2 Å². The van der Waals surface area contributed by atoms with Gasteiger partial charge >= 0.3 is 0 Å². The molecule has 0 spiro atoms. The van der Waals surface area contributed by atoms with Crippen molar-refractivity contribution in [3.63, 3.8) is 0 Å². The van der Waals surface area contributed by atoms with Gasteiger partial charge in [-0.1, -0.05) is 17.7 Å². The number of pyridine rings is 1. The zero-order chi connectivity index (χ0) is 22.9. The quantitative estimate of drug-likeness (QED) is 0.512. The van der Waals surface area contributed by atoms with Crippen molar-refractivity contribution in [2.45, 2.75) is 23.9 Å². The van der Waals surface area contributed by atoms with Crippen LogP contribution in [0.3, 0.4) is 0 Å². The predicted molar refractivity (Wildman–Crippen MR) is 116 cm³/mol. The molecule has 0 aliphatic carbocycles. The van der Waals surface area contributed by atoms with E-state index in [1.165, 1.54) is 42.6 Å². The van der Waals surface area contributed by atoms with Crippen molar-refractivity contribution in [3.8, 4) is 0 Å². The summed E-state index contributed by atoms with van der Waals surface area (Å²) in [6.45, 7) is -0.167. The van der Waals surface area contributed by atoms with Crippen molar-refractivity contribution < 1.29 is 22.4 Å². The minimum Gasteiger partial charge on any atom is -0.274 e.